The van der Waals surface area contributed by atoms with Gasteiger partial charge >= 0.3 is 5.97 Å². The van der Waals surface area contributed by atoms with Crippen LogP contribution in [-0.4, -0.2) is 27.6 Å². The molecule has 1 aromatic carbocycles. The van der Waals surface area contributed by atoms with Crippen LogP contribution in [0.3, 0.4) is 0 Å². The van der Waals surface area contributed by atoms with Crippen molar-refractivity contribution in [3.05, 3.63) is 71.2 Å². The lowest BCUT2D eigenvalue weighted by molar-refractivity contribution is 0.0697. The molecule has 2 N–H and O–H groups in total. The van der Waals surface area contributed by atoms with Gasteiger partial charge in [-0.15, -0.1) is 0 Å². The third-order valence-corrected chi connectivity index (χ3v) is 3.35. The first-order valence-corrected chi connectivity index (χ1v) is 7.35. The summed E-state index contributed by atoms with van der Waals surface area (Å²) in [5.41, 5.74) is 2.32. The normalized spacial score (nSPS) is 10.9. The van der Waals surface area contributed by atoms with Gasteiger partial charge in [-0.1, -0.05) is 24.3 Å². The molecule has 23 heavy (non-hydrogen) atoms. The second kappa shape index (κ2) is 7.76. The number of nitrogens with zero attached hydrogens (tertiary/aromatic N) is 1. The first kappa shape index (κ1) is 17.0. The Labute approximate surface area is 135 Å². The van der Waals surface area contributed by atoms with Crippen molar-refractivity contribution in [2.45, 2.75) is 26.6 Å². The summed E-state index contributed by atoms with van der Waals surface area (Å²) < 4.78 is 5.53. The number of benzene rings is 1. The molecule has 0 aliphatic heterocycles. The maximum absolute atomic E-state index is 10.9. The van der Waals surface area contributed by atoms with E-state index in [2.05, 4.69) is 11.5 Å². The summed E-state index contributed by atoms with van der Waals surface area (Å²) in [6, 6.07) is 10.5. The highest BCUT2D eigenvalue weighted by molar-refractivity contribution is 5.87. The van der Waals surface area contributed by atoms with Crippen molar-refractivity contribution in [2.75, 3.05) is 6.54 Å². The molecule has 0 spiro atoms. The zero-order valence-corrected chi connectivity index (χ0v) is 13.2. The van der Waals surface area contributed by atoms with Crippen LogP contribution in [0, 0.1) is 0 Å². The predicted molar refractivity (Wildman–Crippen MR) is 87.0 cm³/mol. The fraction of sp³-hybridized carbons (Fsp3) is 0.278. The molecule has 0 saturated carbocycles. The lowest BCUT2D eigenvalue weighted by atomic mass is 10.1. The van der Waals surface area contributed by atoms with E-state index in [0.29, 0.717) is 25.4 Å². The summed E-state index contributed by atoms with van der Waals surface area (Å²) in [7, 11) is 0. The van der Waals surface area contributed by atoms with E-state index in [0.717, 1.165) is 16.9 Å². The Balaban J connectivity index is 2.08. The number of carboxylic acids is 1. The Morgan fingerprint density at radius 2 is 1.78 bits per heavy atom. The summed E-state index contributed by atoms with van der Waals surface area (Å²) in [4.78, 5) is 13.0. The van der Waals surface area contributed by atoms with Crippen LogP contribution >= 0.6 is 0 Å². The van der Waals surface area contributed by atoms with Crippen LogP contribution in [0.5, 0.6) is 0 Å². The molecular weight excluding hydrogens is 294 g/mol. The Hall–Kier alpha value is -2.37. The monoisotopic (exact) mass is 315 g/mol. The summed E-state index contributed by atoms with van der Waals surface area (Å²) >= 11 is 0. The predicted octanol–water partition coefficient (Wildman–Crippen LogP) is 3.05. The van der Waals surface area contributed by atoms with E-state index >= 15 is 0 Å². The lowest BCUT2D eigenvalue weighted by Gasteiger charge is -2.21. The molecule has 2 rings (SSSR count). The third-order valence-electron chi connectivity index (χ3n) is 3.35. The molecule has 1 heterocycles. The van der Waals surface area contributed by atoms with Gasteiger partial charge in [0.25, 0.3) is 0 Å². The summed E-state index contributed by atoms with van der Waals surface area (Å²) in [5.74, 6) is 0.390. The number of aromatic carboxylic acids is 1. The Morgan fingerprint density at radius 3 is 2.30 bits per heavy atom. The molecule has 0 aliphatic rings. The standard InChI is InChI=1S/C18H21NO4/c1-13(2)9-19(11-16-7-8-17(12-20)23-16)10-14-3-5-15(6-4-14)18(21)22/h3-8,20H,1,9-12H2,2H3,(H,21,22). The molecule has 0 saturated heterocycles. The van der Waals surface area contributed by atoms with E-state index in [-0.39, 0.29) is 12.2 Å². The number of aliphatic hydroxyl groups is 1. The fourth-order valence-electron chi connectivity index (χ4n) is 2.37. The molecule has 0 bridgehead atoms. The highest BCUT2D eigenvalue weighted by Crippen LogP contribution is 2.15. The number of rotatable bonds is 8. The molecule has 0 amide bonds. The van der Waals surface area contributed by atoms with Gasteiger partial charge in [0.1, 0.15) is 18.1 Å². The van der Waals surface area contributed by atoms with Gasteiger partial charge in [0.05, 0.1) is 12.1 Å². The fourth-order valence-corrected chi connectivity index (χ4v) is 2.37. The van der Waals surface area contributed by atoms with Crippen molar-refractivity contribution < 1.29 is 19.4 Å². The van der Waals surface area contributed by atoms with Gasteiger partial charge in [-0.05, 0) is 36.8 Å². The van der Waals surface area contributed by atoms with Crippen LogP contribution in [0.2, 0.25) is 0 Å². The van der Waals surface area contributed by atoms with Gasteiger partial charge in [0.15, 0.2) is 0 Å². The van der Waals surface area contributed by atoms with Gasteiger partial charge in [-0.3, -0.25) is 4.90 Å². The zero-order chi connectivity index (χ0) is 16.8. The Morgan fingerprint density at radius 1 is 1.13 bits per heavy atom. The van der Waals surface area contributed by atoms with Crippen molar-refractivity contribution in [2.24, 2.45) is 0 Å². The highest BCUT2D eigenvalue weighted by atomic mass is 16.4. The molecule has 0 atom stereocenters. The number of carboxylic acid groups (broad SMARTS) is 1. The molecule has 0 fully saturated rings. The van der Waals surface area contributed by atoms with E-state index in [1.165, 1.54) is 0 Å². The summed E-state index contributed by atoms with van der Waals surface area (Å²) in [6.07, 6.45) is 0. The number of hydrogen-bond donors (Lipinski definition) is 2. The molecule has 0 aliphatic carbocycles. The summed E-state index contributed by atoms with van der Waals surface area (Å²) in [6.45, 7) is 7.74. The lowest BCUT2D eigenvalue weighted by Crippen LogP contribution is -2.24. The molecule has 5 heteroatoms. The SMILES string of the molecule is C=C(C)CN(Cc1ccc(C(=O)O)cc1)Cc1ccc(CO)o1. The zero-order valence-electron chi connectivity index (χ0n) is 13.2. The van der Waals surface area contributed by atoms with Gasteiger partial charge in [-0.2, -0.15) is 0 Å². The number of carbonyl (C=O) groups is 1. The van der Waals surface area contributed by atoms with E-state index in [9.17, 15) is 4.79 Å². The molecular formula is C18H21NO4. The van der Waals surface area contributed by atoms with E-state index < -0.39 is 5.97 Å². The van der Waals surface area contributed by atoms with Crippen molar-refractivity contribution in [3.63, 3.8) is 0 Å². The van der Waals surface area contributed by atoms with Crippen LogP contribution in [0.4, 0.5) is 0 Å². The highest BCUT2D eigenvalue weighted by Gasteiger charge is 2.11. The van der Waals surface area contributed by atoms with Crippen LogP contribution in [0.15, 0.2) is 53.0 Å². The minimum atomic E-state index is -0.928. The van der Waals surface area contributed by atoms with E-state index in [4.69, 9.17) is 14.6 Å². The average Bonchev–Trinajstić information content (AvgIpc) is 2.94. The van der Waals surface area contributed by atoms with E-state index in [1.807, 2.05) is 25.1 Å². The topological polar surface area (TPSA) is 73.9 Å². The van der Waals surface area contributed by atoms with E-state index in [1.54, 1.807) is 18.2 Å². The third kappa shape index (κ3) is 5.09. The molecule has 5 nitrogen and oxygen atoms in total. The second-order valence-corrected chi connectivity index (χ2v) is 5.63. The van der Waals surface area contributed by atoms with Gasteiger partial charge in [0, 0.05) is 13.1 Å². The largest absolute Gasteiger partial charge is 0.478 e. The van der Waals surface area contributed by atoms with Crippen LogP contribution < -0.4 is 0 Å². The van der Waals surface area contributed by atoms with Crippen molar-refractivity contribution in [1.82, 2.24) is 4.90 Å². The molecule has 2 aromatic rings. The second-order valence-electron chi connectivity index (χ2n) is 5.63. The smallest absolute Gasteiger partial charge is 0.335 e. The number of hydrogen-bond acceptors (Lipinski definition) is 4. The molecule has 1 aromatic heterocycles. The van der Waals surface area contributed by atoms with Crippen LogP contribution in [0.1, 0.15) is 34.4 Å². The molecule has 0 unspecified atom stereocenters. The van der Waals surface area contributed by atoms with Gasteiger partial charge in [-0.25, -0.2) is 4.79 Å². The molecule has 122 valence electrons. The Bertz CT molecular complexity index is 673. The van der Waals surface area contributed by atoms with Gasteiger partial charge < -0.3 is 14.6 Å². The minimum absolute atomic E-state index is 0.114. The Kier molecular flexibility index (Phi) is 5.73. The minimum Gasteiger partial charge on any atom is -0.478 e. The maximum atomic E-state index is 10.9. The maximum Gasteiger partial charge on any atom is 0.335 e. The van der Waals surface area contributed by atoms with Crippen LogP contribution in [-0.2, 0) is 19.7 Å². The van der Waals surface area contributed by atoms with Crippen molar-refractivity contribution in [1.29, 1.82) is 0 Å². The van der Waals surface area contributed by atoms with Crippen LogP contribution in [0.25, 0.3) is 0 Å². The summed E-state index contributed by atoms with van der Waals surface area (Å²) in [5, 5.41) is 18.0. The van der Waals surface area contributed by atoms with Crippen molar-refractivity contribution >= 4 is 5.97 Å². The average molecular weight is 315 g/mol. The van der Waals surface area contributed by atoms with Crippen molar-refractivity contribution in [3.8, 4) is 0 Å². The first-order chi connectivity index (χ1) is 11.0. The molecule has 0 radical (unpaired) electrons. The van der Waals surface area contributed by atoms with Gasteiger partial charge in [0.2, 0.25) is 0 Å². The number of furan rings is 1. The quantitative estimate of drug-likeness (QED) is 0.732. The number of aliphatic hydroxyl groups excluding tert-OH is 1. The first-order valence-electron chi connectivity index (χ1n) is 7.35.